The number of aliphatic hydroxyl groups excluding tert-OH is 1. The maximum absolute atomic E-state index is 13.0. The van der Waals surface area contributed by atoms with Crippen LogP contribution in [-0.2, 0) is 65.4 Å². The van der Waals surface area contributed by atoms with Crippen molar-refractivity contribution in [3.63, 3.8) is 0 Å². The second-order valence-electron chi connectivity index (χ2n) is 26.1. The van der Waals surface area contributed by atoms with Gasteiger partial charge in [0.05, 0.1) is 26.4 Å². The third-order valence-electron chi connectivity index (χ3n) is 15.3. The highest BCUT2D eigenvalue weighted by Gasteiger charge is 2.30. The molecule has 0 heterocycles. The summed E-state index contributed by atoms with van der Waals surface area (Å²) in [4.78, 5) is 72.3. The average Bonchev–Trinajstić information content (AvgIpc) is 3.64. The summed E-state index contributed by atoms with van der Waals surface area (Å²) in [5.74, 6) is 0.744. The predicted octanol–water partition coefficient (Wildman–Crippen LogP) is 18.5. The minimum atomic E-state index is -4.95. The zero-order valence-corrected chi connectivity index (χ0v) is 57.7. The molecule has 0 fully saturated rings. The molecule has 0 aromatic carbocycles. The lowest BCUT2D eigenvalue weighted by molar-refractivity contribution is -0.161. The van der Waals surface area contributed by atoms with E-state index < -0.39 is 97.5 Å². The molecule has 0 aromatic rings. The van der Waals surface area contributed by atoms with Crippen molar-refractivity contribution in [3.8, 4) is 0 Å². The fraction of sp³-hybridized carbons (Fsp3) is 0.940. The Hall–Kier alpha value is -1.94. The van der Waals surface area contributed by atoms with Crippen LogP contribution < -0.4 is 0 Å². The molecule has 19 heteroatoms. The van der Waals surface area contributed by atoms with E-state index in [1.807, 2.05) is 0 Å². The molecule has 5 atom stereocenters. The fourth-order valence-electron chi connectivity index (χ4n) is 9.96. The first-order chi connectivity index (χ1) is 41.1. The van der Waals surface area contributed by atoms with Gasteiger partial charge in [0.1, 0.15) is 19.3 Å². The molecule has 0 radical (unpaired) electrons. The van der Waals surface area contributed by atoms with Gasteiger partial charge in [-0.05, 0) is 49.4 Å². The number of esters is 4. The number of hydrogen-bond donors (Lipinski definition) is 3. The summed E-state index contributed by atoms with van der Waals surface area (Å²) in [7, 11) is -9.89. The molecule has 0 amide bonds. The van der Waals surface area contributed by atoms with Crippen molar-refractivity contribution in [2.45, 2.75) is 343 Å². The Labute approximate surface area is 524 Å². The zero-order valence-electron chi connectivity index (χ0n) is 55.9. The van der Waals surface area contributed by atoms with Crippen LogP contribution >= 0.6 is 15.6 Å². The Balaban J connectivity index is 5.21. The van der Waals surface area contributed by atoms with Gasteiger partial charge in [-0.25, -0.2) is 9.13 Å². The maximum atomic E-state index is 13.0. The molecule has 0 aliphatic heterocycles. The van der Waals surface area contributed by atoms with Crippen molar-refractivity contribution in [3.05, 3.63) is 0 Å². The molecule has 3 unspecified atom stereocenters. The molecular formula is C67H130O17P2. The van der Waals surface area contributed by atoms with Gasteiger partial charge in [-0.3, -0.25) is 37.3 Å². The smallest absolute Gasteiger partial charge is 0.462 e. The SMILES string of the molecule is CC(C)CCCCCCCCCCCCCCCC(=O)OC[C@H](COP(=O)(O)OCC(O)COP(=O)(O)OC[C@@H](COC(=O)CCCCCCCCCC(C)C)OC(=O)CCCCCCCCC(C)C)OC(=O)CCCCCCCCCCC(C)C. The summed E-state index contributed by atoms with van der Waals surface area (Å²) >= 11 is 0. The van der Waals surface area contributed by atoms with Gasteiger partial charge in [-0.15, -0.1) is 0 Å². The Morgan fingerprint density at radius 3 is 0.721 bits per heavy atom. The molecule has 0 spiro atoms. The lowest BCUT2D eigenvalue weighted by Crippen LogP contribution is -2.30. The Bertz CT molecular complexity index is 1710. The largest absolute Gasteiger partial charge is 0.472 e. The van der Waals surface area contributed by atoms with Gasteiger partial charge in [0, 0.05) is 25.7 Å². The van der Waals surface area contributed by atoms with Gasteiger partial charge in [0.2, 0.25) is 0 Å². The number of phosphoric ester groups is 2. The fourth-order valence-corrected chi connectivity index (χ4v) is 11.5. The van der Waals surface area contributed by atoms with Crippen LogP contribution in [0.3, 0.4) is 0 Å². The number of ether oxygens (including phenoxy) is 4. The number of hydrogen-bond acceptors (Lipinski definition) is 15. The van der Waals surface area contributed by atoms with Crippen LogP contribution in [0.25, 0.3) is 0 Å². The van der Waals surface area contributed by atoms with E-state index in [1.54, 1.807) is 0 Å². The van der Waals surface area contributed by atoms with E-state index in [1.165, 1.54) is 122 Å². The van der Waals surface area contributed by atoms with Crippen LogP contribution in [0, 0.1) is 23.7 Å². The molecule has 0 aliphatic rings. The van der Waals surface area contributed by atoms with Gasteiger partial charge in [0.15, 0.2) is 12.2 Å². The molecule has 86 heavy (non-hydrogen) atoms. The van der Waals surface area contributed by atoms with Crippen molar-refractivity contribution in [1.82, 2.24) is 0 Å². The third-order valence-corrected chi connectivity index (χ3v) is 17.2. The predicted molar refractivity (Wildman–Crippen MR) is 344 cm³/mol. The van der Waals surface area contributed by atoms with Crippen molar-refractivity contribution in [2.24, 2.45) is 23.7 Å². The van der Waals surface area contributed by atoms with E-state index in [4.69, 9.17) is 37.0 Å². The number of carbonyl (C=O) groups excluding carboxylic acids is 4. The number of phosphoric acid groups is 2. The van der Waals surface area contributed by atoms with E-state index in [9.17, 15) is 43.2 Å². The summed E-state index contributed by atoms with van der Waals surface area (Å²) in [5.41, 5.74) is 0. The molecule has 0 rings (SSSR count). The highest BCUT2D eigenvalue weighted by Crippen LogP contribution is 2.45. The number of rotatable bonds is 64. The van der Waals surface area contributed by atoms with Crippen LogP contribution in [0.5, 0.6) is 0 Å². The minimum Gasteiger partial charge on any atom is -0.462 e. The first kappa shape index (κ1) is 84.1. The molecule has 510 valence electrons. The molecule has 3 N–H and O–H groups in total. The lowest BCUT2D eigenvalue weighted by atomic mass is 10.0. The summed E-state index contributed by atoms with van der Waals surface area (Å²) in [6.07, 6.45) is 37.9. The van der Waals surface area contributed by atoms with E-state index in [0.29, 0.717) is 37.5 Å². The lowest BCUT2D eigenvalue weighted by Gasteiger charge is -2.21. The number of unbranched alkanes of at least 4 members (excludes halogenated alkanes) is 30. The van der Waals surface area contributed by atoms with Crippen LogP contribution in [-0.4, -0.2) is 96.7 Å². The normalized spacial score (nSPS) is 14.4. The van der Waals surface area contributed by atoms with E-state index in [-0.39, 0.29) is 25.7 Å². The van der Waals surface area contributed by atoms with Gasteiger partial charge < -0.3 is 33.8 Å². The van der Waals surface area contributed by atoms with Crippen molar-refractivity contribution in [2.75, 3.05) is 39.6 Å². The Morgan fingerprint density at radius 2 is 0.488 bits per heavy atom. The van der Waals surface area contributed by atoms with Crippen molar-refractivity contribution in [1.29, 1.82) is 0 Å². The van der Waals surface area contributed by atoms with E-state index in [0.717, 1.165) is 108 Å². The van der Waals surface area contributed by atoms with Gasteiger partial charge in [-0.2, -0.15) is 0 Å². The zero-order chi connectivity index (χ0) is 63.9. The highest BCUT2D eigenvalue weighted by atomic mass is 31.2. The van der Waals surface area contributed by atoms with Crippen LogP contribution in [0.15, 0.2) is 0 Å². The molecule has 0 saturated heterocycles. The number of carbonyl (C=O) groups is 4. The monoisotopic (exact) mass is 1270 g/mol. The van der Waals surface area contributed by atoms with E-state index in [2.05, 4.69) is 55.4 Å². The molecule has 17 nitrogen and oxygen atoms in total. The first-order valence-electron chi connectivity index (χ1n) is 34.7. The average molecular weight is 1270 g/mol. The summed E-state index contributed by atoms with van der Waals surface area (Å²) in [5, 5.41) is 10.5. The topological polar surface area (TPSA) is 237 Å². The van der Waals surface area contributed by atoms with Crippen LogP contribution in [0.2, 0.25) is 0 Å². The molecular weight excluding hydrogens is 1140 g/mol. The summed E-state index contributed by atoms with van der Waals surface area (Å²) in [6.45, 7) is 13.9. The highest BCUT2D eigenvalue weighted by molar-refractivity contribution is 7.47. The van der Waals surface area contributed by atoms with Gasteiger partial charge >= 0.3 is 39.5 Å². The van der Waals surface area contributed by atoms with Gasteiger partial charge in [0.25, 0.3) is 0 Å². The molecule has 0 aromatic heterocycles. The number of aliphatic hydroxyl groups is 1. The standard InChI is InChI=1S/C67H130O17P2/c1-57(2)43-35-27-19-14-12-10-9-11-13-15-22-31-39-47-64(69)77-53-62(83-66(71)49-41-33-23-17-16-20-28-36-44-58(3)4)55-81-85(73,74)79-51-61(68)52-80-86(75,76)82-56-63(84-67(72)50-42-34-26-25-30-38-46-60(7)8)54-78-65(70)48-40-32-24-18-21-29-37-45-59(5)6/h57-63,68H,9-56H2,1-8H3,(H,73,74)(H,75,76)/t61?,62-,63-/m1/s1. The quantitative estimate of drug-likeness (QED) is 0.0222. The van der Waals surface area contributed by atoms with Gasteiger partial charge in [-0.1, -0.05) is 274 Å². The second-order valence-corrected chi connectivity index (χ2v) is 29.0. The van der Waals surface area contributed by atoms with Crippen LogP contribution in [0.4, 0.5) is 0 Å². The van der Waals surface area contributed by atoms with Crippen LogP contribution in [0.1, 0.15) is 325 Å². The Morgan fingerprint density at radius 1 is 0.291 bits per heavy atom. The molecule has 0 saturated carbocycles. The third kappa shape index (κ3) is 60.9. The van der Waals surface area contributed by atoms with E-state index >= 15 is 0 Å². The first-order valence-corrected chi connectivity index (χ1v) is 37.7. The van der Waals surface area contributed by atoms with Crippen molar-refractivity contribution < 1.29 is 80.2 Å². The minimum absolute atomic E-state index is 0.101. The Kier molecular flexibility index (Phi) is 55.7. The summed E-state index contributed by atoms with van der Waals surface area (Å²) in [6, 6.07) is 0. The molecule has 0 bridgehead atoms. The second kappa shape index (κ2) is 57.0. The molecule has 0 aliphatic carbocycles. The summed E-state index contributed by atoms with van der Waals surface area (Å²) < 4.78 is 68.1. The maximum Gasteiger partial charge on any atom is 0.472 e. The van der Waals surface area contributed by atoms with Crippen molar-refractivity contribution >= 4 is 39.5 Å².